The molecule has 1 aromatic carbocycles. The monoisotopic (exact) mass is 364 g/mol. The first-order chi connectivity index (χ1) is 12.8. The van der Waals surface area contributed by atoms with E-state index in [4.69, 9.17) is 0 Å². The Balaban J connectivity index is 1.77. The standard InChI is InChI=1S/C23H28N2O2/c1-23(2,3)25-22(27)20-14-16(12-13-24-20)15-21(26)19-11-7-5-9-17-8-4-6-10-18(17)19/h4,6,8,10,12-14,19H,5,7,9,11,15H2,1-3H3,(H,25,27). The predicted molar refractivity (Wildman–Crippen MR) is 107 cm³/mol. The first-order valence-corrected chi connectivity index (χ1v) is 9.71. The van der Waals surface area contributed by atoms with Gasteiger partial charge < -0.3 is 5.32 Å². The molecule has 0 bridgehead atoms. The number of aromatic nitrogens is 1. The third-order valence-corrected chi connectivity index (χ3v) is 4.93. The van der Waals surface area contributed by atoms with E-state index in [-0.39, 0.29) is 23.1 Å². The highest BCUT2D eigenvalue weighted by molar-refractivity contribution is 5.93. The Morgan fingerprint density at radius 2 is 1.93 bits per heavy atom. The van der Waals surface area contributed by atoms with Gasteiger partial charge in [0.2, 0.25) is 0 Å². The minimum absolute atomic E-state index is 0.0521. The second-order valence-electron chi connectivity index (χ2n) is 8.39. The van der Waals surface area contributed by atoms with Gasteiger partial charge in [0.25, 0.3) is 5.91 Å². The normalized spacial score (nSPS) is 16.9. The molecule has 1 unspecified atom stereocenters. The van der Waals surface area contributed by atoms with Crippen LogP contribution in [0.1, 0.15) is 73.1 Å². The van der Waals surface area contributed by atoms with Gasteiger partial charge >= 0.3 is 0 Å². The number of aryl methyl sites for hydroxylation is 1. The number of rotatable bonds is 4. The van der Waals surface area contributed by atoms with Crippen molar-refractivity contribution in [2.45, 2.75) is 64.3 Å². The third kappa shape index (κ3) is 5.03. The van der Waals surface area contributed by atoms with Gasteiger partial charge in [0.1, 0.15) is 11.5 Å². The van der Waals surface area contributed by atoms with Gasteiger partial charge in [-0.05, 0) is 68.9 Å². The van der Waals surface area contributed by atoms with Crippen molar-refractivity contribution in [1.82, 2.24) is 10.3 Å². The molecule has 0 saturated carbocycles. The number of hydrogen-bond acceptors (Lipinski definition) is 3. The molecule has 0 spiro atoms. The number of benzene rings is 1. The highest BCUT2D eigenvalue weighted by Gasteiger charge is 2.25. The van der Waals surface area contributed by atoms with Crippen molar-refractivity contribution in [3.63, 3.8) is 0 Å². The highest BCUT2D eigenvalue weighted by atomic mass is 16.2. The third-order valence-electron chi connectivity index (χ3n) is 4.93. The van der Waals surface area contributed by atoms with Gasteiger partial charge in [-0.2, -0.15) is 0 Å². The minimum atomic E-state index is -0.325. The molecule has 0 aliphatic heterocycles. The Morgan fingerprint density at radius 1 is 1.15 bits per heavy atom. The molecule has 2 aromatic rings. The number of fused-ring (bicyclic) bond motifs is 1. The summed E-state index contributed by atoms with van der Waals surface area (Å²) < 4.78 is 0. The summed E-state index contributed by atoms with van der Waals surface area (Å²) in [5.41, 5.74) is 3.36. The summed E-state index contributed by atoms with van der Waals surface area (Å²) in [6.07, 6.45) is 6.09. The lowest BCUT2D eigenvalue weighted by Gasteiger charge is -2.20. The molecule has 1 aliphatic rings. The van der Waals surface area contributed by atoms with Gasteiger partial charge in [0, 0.05) is 24.1 Å². The number of ketones is 1. The summed E-state index contributed by atoms with van der Waals surface area (Å²) in [5.74, 6) is -0.0435. The molecule has 1 heterocycles. The van der Waals surface area contributed by atoms with E-state index in [1.807, 2.05) is 32.9 Å². The van der Waals surface area contributed by atoms with Crippen LogP contribution in [0.2, 0.25) is 0 Å². The molecule has 142 valence electrons. The lowest BCUT2D eigenvalue weighted by molar-refractivity contribution is -0.120. The number of nitrogens with zero attached hydrogens (tertiary/aromatic N) is 1. The van der Waals surface area contributed by atoms with E-state index in [0.717, 1.165) is 31.2 Å². The molecule has 3 rings (SSSR count). The number of Topliss-reactive ketones (excluding diaryl/α,β-unsaturated/α-hetero) is 1. The van der Waals surface area contributed by atoms with E-state index < -0.39 is 0 Å². The molecular weight excluding hydrogens is 336 g/mol. The largest absolute Gasteiger partial charge is 0.346 e. The van der Waals surface area contributed by atoms with Crippen LogP contribution in [0.15, 0.2) is 42.6 Å². The maximum Gasteiger partial charge on any atom is 0.270 e. The van der Waals surface area contributed by atoms with Crippen LogP contribution in [-0.2, 0) is 17.6 Å². The molecular formula is C23H28N2O2. The fourth-order valence-electron chi connectivity index (χ4n) is 3.69. The lowest BCUT2D eigenvalue weighted by atomic mass is 9.86. The Bertz CT molecular complexity index is 836. The van der Waals surface area contributed by atoms with Crippen molar-refractivity contribution in [2.24, 2.45) is 0 Å². The predicted octanol–water partition coefficient (Wildman–Crippen LogP) is 4.23. The molecule has 27 heavy (non-hydrogen) atoms. The summed E-state index contributed by atoms with van der Waals surface area (Å²) in [4.78, 5) is 29.6. The number of hydrogen-bond donors (Lipinski definition) is 1. The Morgan fingerprint density at radius 3 is 2.70 bits per heavy atom. The van der Waals surface area contributed by atoms with E-state index in [2.05, 4.69) is 28.5 Å². The van der Waals surface area contributed by atoms with Crippen molar-refractivity contribution in [1.29, 1.82) is 0 Å². The molecule has 0 radical (unpaired) electrons. The zero-order chi connectivity index (χ0) is 19.4. The maximum atomic E-state index is 13.1. The smallest absolute Gasteiger partial charge is 0.270 e. The van der Waals surface area contributed by atoms with Crippen LogP contribution < -0.4 is 5.32 Å². The van der Waals surface area contributed by atoms with Gasteiger partial charge in [-0.3, -0.25) is 14.6 Å². The first-order valence-electron chi connectivity index (χ1n) is 9.71. The van der Waals surface area contributed by atoms with Crippen LogP contribution in [0.4, 0.5) is 0 Å². The number of nitrogens with one attached hydrogen (secondary N) is 1. The van der Waals surface area contributed by atoms with Crippen molar-refractivity contribution in [3.05, 3.63) is 65.0 Å². The summed E-state index contributed by atoms with van der Waals surface area (Å²) >= 11 is 0. The Kier molecular flexibility index (Phi) is 5.73. The fourth-order valence-corrected chi connectivity index (χ4v) is 3.69. The summed E-state index contributed by atoms with van der Waals surface area (Å²) in [6.45, 7) is 5.80. The van der Waals surface area contributed by atoms with E-state index >= 15 is 0 Å². The average Bonchev–Trinajstić information content (AvgIpc) is 2.83. The molecule has 4 nitrogen and oxygen atoms in total. The highest BCUT2D eigenvalue weighted by Crippen LogP contribution is 2.32. The maximum absolute atomic E-state index is 13.1. The van der Waals surface area contributed by atoms with E-state index in [1.165, 1.54) is 11.1 Å². The molecule has 4 heteroatoms. The zero-order valence-electron chi connectivity index (χ0n) is 16.4. The second-order valence-corrected chi connectivity index (χ2v) is 8.39. The quantitative estimate of drug-likeness (QED) is 0.826. The molecule has 1 aromatic heterocycles. The lowest BCUT2D eigenvalue weighted by Crippen LogP contribution is -2.40. The number of pyridine rings is 1. The van der Waals surface area contributed by atoms with Gasteiger partial charge in [-0.25, -0.2) is 0 Å². The van der Waals surface area contributed by atoms with Gasteiger partial charge in [-0.15, -0.1) is 0 Å². The van der Waals surface area contributed by atoms with Crippen molar-refractivity contribution < 1.29 is 9.59 Å². The van der Waals surface area contributed by atoms with Crippen LogP contribution >= 0.6 is 0 Å². The van der Waals surface area contributed by atoms with E-state index in [9.17, 15) is 9.59 Å². The van der Waals surface area contributed by atoms with Crippen LogP contribution in [-0.4, -0.2) is 22.2 Å². The van der Waals surface area contributed by atoms with Crippen LogP contribution in [0, 0.1) is 0 Å². The molecule has 1 N–H and O–H groups in total. The first kappa shape index (κ1) is 19.3. The van der Waals surface area contributed by atoms with Gasteiger partial charge in [0.05, 0.1) is 0 Å². The fraction of sp³-hybridized carbons (Fsp3) is 0.435. The number of carbonyl (C=O) groups excluding carboxylic acids is 2. The average molecular weight is 364 g/mol. The Labute approximate surface area is 161 Å². The van der Waals surface area contributed by atoms with E-state index in [1.54, 1.807) is 12.3 Å². The molecule has 1 amide bonds. The van der Waals surface area contributed by atoms with Gasteiger partial charge in [-0.1, -0.05) is 30.7 Å². The second kappa shape index (κ2) is 8.03. The topological polar surface area (TPSA) is 59.1 Å². The molecule has 1 atom stereocenters. The van der Waals surface area contributed by atoms with Crippen molar-refractivity contribution in [2.75, 3.05) is 0 Å². The minimum Gasteiger partial charge on any atom is -0.346 e. The number of carbonyl (C=O) groups is 2. The van der Waals surface area contributed by atoms with Crippen LogP contribution in [0.25, 0.3) is 0 Å². The summed E-state index contributed by atoms with van der Waals surface area (Å²) in [5, 5.41) is 2.91. The molecule has 0 fully saturated rings. The van der Waals surface area contributed by atoms with Gasteiger partial charge in [0.15, 0.2) is 0 Å². The van der Waals surface area contributed by atoms with Crippen LogP contribution in [0.5, 0.6) is 0 Å². The number of amides is 1. The zero-order valence-corrected chi connectivity index (χ0v) is 16.4. The molecule has 1 aliphatic carbocycles. The van der Waals surface area contributed by atoms with Crippen molar-refractivity contribution in [3.8, 4) is 0 Å². The summed E-state index contributed by atoms with van der Waals surface area (Å²) in [6, 6.07) is 11.9. The summed E-state index contributed by atoms with van der Waals surface area (Å²) in [7, 11) is 0. The van der Waals surface area contributed by atoms with E-state index in [0.29, 0.717) is 12.1 Å². The van der Waals surface area contributed by atoms with Crippen molar-refractivity contribution >= 4 is 11.7 Å². The SMILES string of the molecule is CC(C)(C)NC(=O)c1cc(CC(=O)C2CCCCc3ccccc32)ccn1. The molecule has 0 saturated heterocycles. The Hall–Kier alpha value is -2.49. The van der Waals surface area contributed by atoms with Crippen LogP contribution in [0.3, 0.4) is 0 Å².